The fourth-order valence-electron chi connectivity index (χ4n) is 2.88. The van der Waals surface area contributed by atoms with Crippen LogP contribution in [0.15, 0.2) is 60.7 Å². The first-order chi connectivity index (χ1) is 11.8. The van der Waals surface area contributed by atoms with Crippen molar-refractivity contribution in [3.8, 4) is 11.3 Å². The summed E-state index contributed by atoms with van der Waals surface area (Å²) in [5.74, 6) is -0.405. The first-order valence-electron chi connectivity index (χ1n) is 7.79. The Labute approximate surface area is 138 Å². The van der Waals surface area contributed by atoms with Gasteiger partial charge < -0.3 is 4.74 Å². The Morgan fingerprint density at radius 2 is 1.83 bits per heavy atom. The molecule has 0 amide bonds. The number of carbonyl (C=O) groups is 1. The maximum atomic E-state index is 12.3. The lowest BCUT2D eigenvalue weighted by Crippen LogP contribution is -2.11. The van der Waals surface area contributed by atoms with Crippen LogP contribution >= 0.6 is 0 Å². The lowest BCUT2D eigenvalue weighted by Gasteiger charge is -2.08. The Kier molecular flexibility index (Phi) is 3.46. The molecule has 24 heavy (non-hydrogen) atoms. The third kappa shape index (κ3) is 2.22. The highest BCUT2D eigenvalue weighted by Gasteiger charge is 2.19. The smallest absolute Gasteiger partial charge is 0.357 e. The fourth-order valence-corrected chi connectivity index (χ4v) is 2.88. The average Bonchev–Trinajstić information content (AvgIpc) is 3.07. The van der Waals surface area contributed by atoms with E-state index < -0.39 is 5.97 Å². The van der Waals surface area contributed by atoms with Crippen LogP contribution in [0.4, 0.5) is 0 Å². The second-order valence-corrected chi connectivity index (χ2v) is 5.40. The Hall–Kier alpha value is -3.21. The van der Waals surface area contributed by atoms with Crippen LogP contribution < -0.4 is 0 Å². The van der Waals surface area contributed by atoms with Crippen LogP contribution in [0.25, 0.3) is 27.5 Å². The van der Waals surface area contributed by atoms with E-state index in [9.17, 15) is 4.79 Å². The third-order valence-corrected chi connectivity index (χ3v) is 3.94. The molecule has 0 N–H and O–H groups in total. The van der Waals surface area contributed by atoms with Crippen molar-refractivity contribution < 1.29 is 9.53 Å². The number of rotatable bonds is 3. The molecule has 0 aliphatic rings. The van der Waals surface area contributed by atoms with Crippen LogP contribution in [-0.4, -0.2) is 27.4 Å². The van der Waals surface area contributed by atoms with Crippen molar-refractivity contribution in [3.63, 3.8) is 0 Å². The van der Waals surface area contributed by atoms with E-state index in [0.717, 1.165) is 27.5 Å². The van der Waals surface area contributed by atoms with Gasteiger partial charge in [0, 0.05) is 10.9 Å². The number of benzene rings is 2. The summed E-state index contributed by atoms with van der Waals surface area (Å²) in [6, 6.07) is 19.5. The Morgan fingerprint density at radius 3 is 2.62 bits per heavy atom. The molecule has 0 saturated heterocycles. The number of hydrogen-bond acceptors (Lipinski definition) is 4. The highest BCUT2D eigenvalue weighted by Crippen LogP contribution is 2.29. The van der Waals surface area contributed by atoms with Gasteiger partial charge in [-0.05, 0) is 18.4 Å². The molecular formula is C19H15N3O2. The molecule has 5 nitrogen and oxygen atoms in total. The monoisotopic (exact) mass is 317 g/mol. The van der Waals surface area contributed by atoms with Crippen molar-refractivity contribution in [1.29, 1.82) is 0 Å². The van der Waals surface area contributed by atoms with Gasteiger partial charge in [-0.3, -0.25) is 0 Å². The molecule has 2 aromatic heterocycles. The summed E-state index contributed by atoms with van der Waals surface area (Å²) >= 11 is 0. The second kappa shape index (κ2) is 5.77. The molecule has 0 aliphatic heterocycles. The zero-order valence-electron chi connectivity index (χ0n) is 13.1. The minimum absolute atomic E-state index is 0.313. The summed E-state index contributed by atoms with van der Waals surface area (Å²) in [5, 5.41) is 10.5. The van der Waals surface area contributed by atoms with Crippen molar-refractivity contribution in [2.24, 2.45) is 0 Å². The highest BCUT2D eigenvalue weighted by molar-refractivity contribution is 6.05. The first kappa shape index (κ1) is 14.4. The maximum absolute atomic E-state index is 12.3. The molecule has 118 valence electrons. The van der Waals surface area contributed by atoms with Gasteiger partial charge in [0.05, 0.1) is 6.61 Å². The van der Waals surface area contributed by atoms with E-state index in [-0.39, 0.29) is 0 Å². The average molecular weight is 317 g/mol. The zero-order valence-corrected chi connectivity index (χ0v) is 13.1. The van der Waals surface area contributed by atoms with Crippen LogP contribution in [0.5, 0.6) is 0 Å². The lowest BCUT2D eigenvalue weighted by atomic mass is 10.1. The van der Waals surface area contributed by atoms with Crippen molar-refractivity contribution in [2.45, 2.75) is 6.92 Å². The lowest BCUT2D eigenvalue weighted by molar-refractivity contribution is 0.0516. The number of ether oxygens (including phenoxy) is 1. The number of carbonyl (C=O) groups excluding carboxylic acids is 1. The van der Waals surface area contributed by atoms with Gasteiger partial charge in [0.15, 0.2) is 5.69 Å². The number of hydrogen-bond donors (Lipinski definition) is 0. The van der Waals surface area contributed by atoms with Gasteiger partial charge in [-0.25, -0.2) is 9.31 Å². The van der Waals surface area contributed by atoms with Crippen LogP contribution in [0.1, 0.15) is 17.4 Å². The summed E-state index contributed by atoms with van der Waals surface area (Å²) in [6.45, 7) is 2.10. The molecular weight excluding hydrogens is 302 g/mol. The predicted molar refractivity (Wildman–Crippen MR) is 91.9 cm³/mol. The molecule has 0 atom stereocenters. The minimum atomic E-state index is -0.405. The molecule has 0 aliphatic carbocycles. The largest absolute Gasteiger partial charge is 0.461 e. The van der Waals surface area contributed by atoms with Crippen molar-refractivity contribution in [1.82, 2.24) is 14.8 Å². The summed E-state index contributed by atoms with van der Waals surface area (Å²) in [7, 11) is 0. The highest BCUT2D eigenvalue weighted by atomic mass is 16.5. The van der Waals surface area contributed by atoms with E-state index in [4.69, 9.17) is 4.74 Å². The Bertz CT molecular complexity index is 1040. The number of nitrogens with zero attached hydrogens (tertiary/aromatic N) is 3. The van der Waals surface area contributed by atoms with E-state index in [1.165, 1.54) is 0 Å². The van der Waals surface area contributed by atoms with Crippen molar-refractivity contribution in [2.75, 3.05) is 6.61 Å². The maximum Gasteiger partial charge on any atom is 0.357 e. The topological polar surface area (TPSA) is 56.5 Å². The minimum Gasteiger partial charge on any atom is -0.461 e. The number of pyridine rings is 1. The third-order valence-electron chi connectivity index (χ3n) is 3.94. The van der Waals surface area contributed by atoms with Crippen LogP contribution in [-0.2, 0) is 4.74 Å². The molecule has 4 rings (SSSR count). The van der Waals surface area contributed by atoms with Gasteiger partial charge in [-0.1, -0.05) is 59.8 Å². The molecule has 0 unspecified atom stereocenters. The summed E-state index contributed by atoms with van der Waals surface area (Å²) in [6.07, 6.45) is 0. The van der Waals surface area contributed by atoms with Crippen LogP contribution in [0.3, 0.4) is 0 Å². The summed E-state index contributed by atoms with van der Waals surface area (Å²) < 4.78 is 6.74. The first-order valence-corrected chi connectivity index (χ1v) is 7.79. The van der Waals surface area contributed by atoms with Gasteiger partial charge in [0.25, 0.3) is 0 Å². The van der Waals surface area contributed by atoms with E-state index in [2.05, 4.69) is 10.3 Å². The SMILES string of the molecule is CCOC(=O)c1cc2ccccc2c2c(-c3ccccc3)nnn12. The summed E-state index contributed by atoms with van der Waals surface area (Å²) in [4.78, 5) is 12.3. The van der Waals surface area contributed by atoms with Gasteiger partial charge in [-0.2, -0.15) is 0 Å². The quantitative estimate of drug-likeness (QED) is 0.540. The van der Waals surface area contributed by atoms with Crippen molar-refractivity contribution >= 4 is 22.3 Å². The number of esters is 1. The predicted octanol–water partition coefficient (Wildman–Crippen LogP) is 3.73. The van der Waals surface area contributed by atoms with E-state index in [0.29, 0.717) is 12.3 Å². The molecule has 0 spiro atoms. The fraction of sp³-hybridized carbons (Fsp3) is 0.105. The molecule has 0 bridgehead atoms. The Morgan fingerprint density at radius 1 is 1.08 bits per heavy atom. The van der Waals surface area contributed by atoms with Crippen LogP contribution in [0.2, 0.25) is 0 Å². The number of fused-ring (bicyclic) bond motifs is 3. The van der Waals surface area contributed by atoms with Crippen molar-refractivity contribution in [3.05, 3.63) is 66.4 Å². The zero-order chi connectivity index (χ0) is 16.5. The van der Waals surface area contributed by atoms with E-state index in [1.807, 2.05) is 54.6 Å². The molecule has 0 fully saturated rings. The Balaban J connectivity index is 2.09. The standard InChI is InChI=1S/C19H15N3O2/c1-2-24-19(23)16-12-14-10-6-7-11-15(14)18-17(20-21-22(16)18)13-8-4-3-5-9-13/h3-12H,2H2,1H3. The molecule has 0 saturated carbocycles. The van der Waals surface area contributed by atoms with Gasteiger partial charge >= 0.3 is 5.97 Å². The van der Waals surface area contributed by atoms with Gasteiger partial charge in [-0.15, -0.1) is 5.10 Å². The number of aromatic nitrogens is 3. The second-order valence-electron chi connectivity index (χ2n) is 5.40. The van der Waals surface area contributed by atoms with Gasteiger partial charge in [0.1, 0.15) is 11.2 Å². The normalized spacial score (nSPS) is 11.0. The van der Waals surface area contributed by atoms with E-state index in [1.54, 1.807) is 17.5 Å². The van der Waals surface area contributed by atoms with E-state index >= 15 is 0 Å². The summed E-state index contributed by atoms with van der Waals surface area (Å²) in [5.41, 5.74) is 2.89. The molecule has 2 aromatic carbocycles. The van der Waals surface area contributed by atoms with Crippen LogP contribution in [0, 0.1) is 0 Å². The van der Waals surface area contributed by atoms with Gasteiger partial charge in [0.2, 0.25) is 0 Å². The molecule has 0 radical (unpaired) electrons. The molecule has 2 heterocycles. The molecule has 4 aromatic rings. The molecule has 5 heteroatoms.